The zero-order valence-corrected chi connectivity index (χ0v) is 20.9. The topological polar surface area (TPSA) is 43.7 Å². The average Bonchev–Trinajstić information content (AvgIpc) is 3.73. The highest BCUT2D eigenvalue weighted by molar-refractivity contribution is 5.99. The van der Waals surface area contributed by atoms with E-state index < -0.39 is 0 Å². The maximum Gasteiger partial charge on any atom is 0.116 e. The van der Waals surface area contributed by atoms with Crippen LogP contribution in [0.25, 0.3) is 16.7 Å². The number of aliphatic hydroxyl groups is 1. The number of benzene rings is 3. The number of nitrogens with zero attached hydrogens (tertiary/aromatic N) is 1. The number of aromatic hydroxyl groups is 1. The summed E-state index contributed by atoms with van der Waals surface area (Å²) >= 11 is 0. The largest absolute Gasteiger partial charge is 0.508 e. The van der Waals surface area contributed by atoms with Crippen LogP contribution < -0.4 is 0 Å². The van der Waals surface area contributed by atoms with Gasteiger partial charge in [-0.2, -0.15) is 0 Å². The van der Waals surface area contributed by atoms with Crippen molar-refractivity contribution < 1.29 is 10.2 Å². The fourth-order valence-electron chi connectivity index (χ4n) is 5.05. The van der Waals surface area contributed by atoms with Crippen molar-refractivity contribution in [2.24, 2.45) is 0 Å². The molecule has 0 amide bonds. The molecule has 1 aliphatic carbocycles. The second-order valence-electron chi connectivity index (χ2n) is 9.38. The number of allylic oxidation sites excluding steroid dienone is 1. The van der Waals surface area contributed by atoms with Crippen LogP contribution in [0.2, 0.25) is 0 Å². The molecule has 182 valence electrons. The molecule has 3 aromatic rings. The Hall–Kier alpha value is -2.85. The number of phenolic OH excluding ortho intramolecular Hbond substituents is 1. The van der Waals surface area contributed by atoms with Gasteiger partial charge in [-0.05, 0) is 83.2 Å². The third-order valence-corrected chi connectivity index (χ3v) is 6.99. The highest BCUT2D eigenvalue weighted by atomic mass is 35.5. The smallest absolute Gasteiger partial charge is 0.116 e. The molecular formula is C31H34ClNO2. The van der Waals surface area contributed by atoms with Crippen molar-refractivity contribution >= 4 is 29.1 Å². The minimum atomic E-state index is 0. The number of hydrogen-bond donors (Lipinski definition) is 2. The molecule has 4 heteroatoms. The SMILES string of the molecule is Cl.OCCC/C(=C(/c1ccc(C2=CCN(C3CC3)CC2)cc1)c1cccc(O)c1)c1ccccc1. The maximum absolute atomic E-state index is 10.2. The van der Waals surface area contributed by atoms with E-state index in [-0.39, 0.29) is 24.8 Å². The summed E-state index contributed by atoms with van der Waals surface area (Å²) in [5.74, 6) is 0.258. The minimum Gasteiger partial charge on any atom is -0.508 e. The van der Waals surface area contributed by atoms with Crippen LogP contribution >= 0.6 is 12.4 Å². The first-order valence-electron chi connectivity index (χ1n) is 12.5. The highest BCUT2D eigenvalue weighted by Crippen LogP contribution is 2.37. The lowest BCUT2D eigenvalue weighted by atomic mass is 9.86. The second kappa shape index (κ2) is 11.7. The maximum atomic E-state index is 10.2. The molecule has 2 N–H and O–H groups in total. The minimum absolute atomic E-state index is 0. The van der Waals surface area contributed by atoms with Crippen LogP contribution in [-0.2, 0) is 0 Å². The first-order chi connectivity index (χ1) is 16.7. The predicted molar refractivity (Wildman–Crippen MR) is 148 cm³/mol. The van der Waals surface area contributed by atoms with Gasteiger partial charge in [-0.25, -0.2) is 0 Å². The van der Waals surface area contributed by atoms with Gasteiger partial charge >= 0.3 is 0 Å². The van der Waals surface area contributed by atoms with Gasteiger partial charge in [0.2, 0.25) is 0 Å². The molecule has 1 heterocycles. The van der Waals surface area contributed by atoms with Crippen molar-refractivity contribution in [1.82, 2.24) is 4.90 Å². The molecule has 5 rings (SSSR count). The van der Waals surface area contributed by atoms with Gasteiger partial charge in [-0.15, -0.1) is 12.4 Å². The number of hydrogen-bond acceptors (Lipinski definition) is 3. The number of aliphatic hydroxyl groups excluding tert-OH is 1. The zero-order valence-electron chi connectivity index (χ0n) is 20.1. The molecule has 0 unspecified atom stereocenters. The molecule has 1 fully saturated rings. The third-order valence-electron chi connectivity index (χ3n) is 6.99. The molecule has 35 heavy (non-hydrogen) atoms. The van der Waals surface area contributed by atoms with Gasteiger partial charge in [-0.1, -0.05) is 72.8 Å². The molecular weight excluding hydrogens is 454 g/mol. The quantitative estimate of drug-likeness (QED) is 0.343. The van der Waals surface area contributed by atoms with Crippen molar-refractivity contribution in [1.29, 1.82) is 0 Å². The number of phenols is 1. The van der Waals surface area contributed by atoms with Crippen LogP contribution in [0.1, 0.15) is 54.4 Å². The Kier molecular flexibility index (Phi) is 8.46. The molecule has 0 spiro atoms. The molecule has 0 atom stereocenters. The summed E-state index contributed by atoms with van der Waals surface area (Å²) in [6.45, 7) is 2.37. The fraction of sp³-hybridized carbons (Fsp3) is 0.290. The Morgan fingerprint density at radius 3 is 2.23 bits per heavy atom. The molecule has 3 aromatic carbocycles. The van der Waals surface area contributed by atoms with E-state index in [1.54, 1.807) is 6.07 Å². The molecule has 1 saturated carbocycles. The highest BCUT2D eigenvalue weighted by Gasteiger charge is 2.29. The van der Waals surface area contributed by atoms with E-state index >= 15 is 0 Å². The van der Waals surface area contributed by atoms with E-state index in [9.17, 15) is 10.2 Å². The fourth-order valence-corrected chi connectivity index (χ4v) is 5.05. The van der Waals surface area contributed by atoms with Crippen LogP contribution in [0.5, 0.6) is 5.75 Å². The van der Waals surface area contributed by atoms with Crippen molar-refractivity contribution in [2.45, 2.75) is 38.1 Å². The van der Waals surface area contributed by atoms with E-state index in [4.69, 9.17) is 0 Å². The summed E-state index contributed by atoms with van der Waals surface area (Å²) in [7, 11) is 0. The monoisotopic (exact) mass is 487 g/mol. The van der Waals surface area contributed by atoms with Crippen molar-refractivity contribution in [3.63, 3.8) is 0 Å². The van der Waals surface area contributed by atoms with Crippen molar-refractivity contribution in [3.05, 3.63) is 107 Å². The Bertz CT molecular complexity index is 1180. The van der Waals surface area contributed by atoms with Gasteiger partial charge in [0.15, 0.2) is 0 Å². The standard InChI is InChI=1S/C31H33NO2.ClH/c33-21-5-10-30(25-6-2-1-3-7-25)31(27-8-4-9-29(34)22-27)26-13-11-23(12-14-26)24-17-19-32(20-18-24)28-15-16-28;/h1-4,6-9,11-14,17,22,28,33-34H,5,10,15-16,18-21H2;1H/b31-30+;. The second-order valence-corrected chi connectivity index (χ2v) is 9.38. The Balaban J connectivity index is 0.00000289. The molecule has 0 aromatic heterocycles. The van der Waals surface area contributed by atoms with E-state index in [1.165, 1.54) is 29.6 Å². The van der Waals surface area contributed by atoms with Gasteiger partial charge in [-0.3, -0.25) is 4.90 Å². The lowest BCUT2D eigenvalue weighted by Gasteiger charge is -2.26. The van der Waals surface area contributed by atoms with Crippen LogP contribution in [0, 0.1) is 0 Å². The van der Waals surface area contributed by atoms with Gasteiger partial charge in [0.25, 0.3) is 0 Å². The molecule has 0 bridgehead atoms. The molecule has 0 radical (unpaired) electrons. The lowest BCUT2D eigenvalue weighted by Crippen LogP contribution is -2.30. The lowest BCUT2D eigenvalue weighted by molar-refractivity contribution is 0.290. The van der Waals surface area contributed by atoms with Crippen LogP contribution in [0.3, 0.4) is 0 Å². The Morgan fingerprint density at radius 1 is 0.857 bits per heavy atom. The summed E-state index contributed by atoms with van der Waals surface area (Å²) in [5.41, 5.74) is 8.29. The summed E-state index contributed by atoms with van der Waals surface area (Å²) < 4.78 is 0. The zero-order chi connectivity index (χ0) is 23.3. The Morgan fingerprint density at radius 2 is 1.60 bits per heavy atom. The molecule has 1 aliphatic heterocycles. The molecule has 3 nitrogen and oxygen atoms in total. The van der Waals surface area contributed by atoms with Crippen LogP contribution in [0.15, 0.2) is 84.9 Å². The first kappa shape index (κ1) is 25.2. The van der Waals surface area contributed by atoms with E-state index in [1.807, 2.05) is 18.2 Å². The molecule has 0 saturated heterocycles. The van der Waals surface area contributed by atoms with Gasteiger partial charge in [0.05, 0.1) is 0 Å². The summed E-state index contributed by atoms with van der Waals surface area (Å²) in [6.07, 6.45) is 7.69. The van der Waals surface area contributed by atoms with E-state index in [0.29, 0.717) is 6.42 Å². The Labute approximate surface area is 214 Å². The average molecular weight is 488 g/mol. The van der Waals surface area contributed by atoms with Crippen molar-refractivity contribution in [3.8, 4) is 5.75 Å². The van der Waals surface area contributed by atoms with Gasteiger partial charge in [0.1, 0.15) is 5.75 Å². The van der Waals surface area contributed by atoms with Crippen LogP contribution in [-0.4, -0.2) is 40.9 Å². The normalized spacial score (nSPS) is 16.8. The van der Waals surface area contributed by atoms with E-state index in [0.717, 1.165) is 54.2 Å². The first-order valence-corrected chi connectivity index (χ1v) is 12.5. The van der Waals surface area contributed by atoms with E-state index in [2.05, 4.69) is 65.6 Å². The van der Waals surface area contributed by atoms with Gasteiger partial charge < -0.3 is 10.2 Å². The summed E-state index contributed by atoms with van der Waals surface area (Å²) in [4.78, 5) is 2.61. The predicted octanol–water partition coefficient (Wildman–Crippen LogP) is 6.80. The summed E-state index contributed by atoms with van der Waals surface area (Å²) in [5, 5.41) is 19.8. The summed E-state index contributed by atoms with van der Waals surface area (Å²) in [6, 6.07) is 27.6. The van der Waals surface area contributed by atoms with Crippen LogP contribution in [0.4, 0.5) is 0 Å². The molecule has 2 aliphatic rings. The number of halogens is 1. The van der Waals surface area contributed by atoms with Crippen molar-refractivity contribution in [2.75, 3.05) is 19.7 Å². The van der Waals surface area contributed by atoms with Gasteiger partial charge in [0, 0.05) is 25.7 Å². The third kappa shape index (κ3) is 6.05. The number of rotatable bonds is 8.